The van der Waals surface area contributed by atoms with Crippen molar-refractivity contribution in [2.75, 3.05) is 32.7 Å². The Kier molecular flexibility index (Phi) is 7.07. The van der Waals surface area contributed by atoms with E-state index in [1.807, 2.05) is 60.7 Å². The maximum absolute atomic E-state index is 14.5. The minimum atomic E-state index is -2.79. The van der Waals surface area contributed by atoms with Gasteiger partial charge in [0.15, 0.2) is 0 Å². The third-order valence-corrected chi connectivity index (χ3v) is 8.45. The highest BCUT2D eigenvalue weighted by Crippen LogP contribution is 2.47. The normalized spacial score (nSPS) is 17.6. The van der Waals surface area contributed by atoms with Crippen LogP contribution in [0.1, 0.15) is 32.6 Å². The summed E-state index contributed by atoms with van der Waals surface area (Å²) in [6, 6.07) is 20.1. The monoisotopic (exact) mass is 370 g/mol. The first-order valence-electron chi connectivity index (χ1n) is 9.94. The summed E-state index contributed by atoms with van der Waals surface area (Å²) in [5.74, 6) is 0. The number of nitrogens with zero attached hydrogens (tertiary/aromatic N) is 2. The Morgan fingerprint density at radius 3 is 1.96 bits per heavy atom. The van der Waals surface area contributed by atoms with E-state index in [1.165, 1.54) is 25.8 Å². The molecule has 2 aromatic carbocycles. The molecule has 0 aliphatic carbocycles. The van der Waals surface area contributed by atoms with Crippen LogP contribution in [-0.4, -0.2) is 42.3 Å². The molecular formula is C22H31N2OP. The molecule has 3 nitrogen and oxygen atoms in total. The van der Waals surface area contributed by atoms with Crippen molar-refractivity contribution in [2.24, 2.45) is 0 Å². The van der Waals surface area contributed by atoms with Gasteiger partial charge in [-0.1, -0.05) is 49.7 Å². The van der Waals surface area contributed by atoms with Crippen LogP contribution in [0.3, 0.4) is 0 Å². The molecule has 0 atom stereocenters. The molecule has 26 heavy (non-hydrogen) atoms. The molecule has 1 fully saturated rings. The van der Waals surface area contributed by atoms with Gasteiger partial charge in [-0.15, -0.1) is 0 Å². The summed E-state index contributed by atoms with van der Waals surface area (Å²) in [6.45, 7) is 7.35. The fraction of sp³-hybridized carbons (Fsp3) is 0.455. The zero-order valence-electron chi connectivity index (χ0n) is 15.9. The fourth-order valence-electron chi connectivity index (χ4n) is 3.73. The fourth-order valence-corrected chi connectivity index (χ4v) is 6.63. The van der Waals surface area contributed by atoms with Crippen LogP contribution in [-0.2, 0) is 4.57 Å². The third kappa shape index (κ3) is 4.46. The lowest BCUT2D eigenvalue weighted by Crippen LogP contribution is -2.41. The minimum Gasteiger partial charge on any atom is -0.302 e. The van der Waals surface area contributed by atoms with E-state index in [4.69, 9.17) is 0 Å². The quantitative estimate of drug-likeness (QED) is 0.715. The van der Waals surface area contributed by atoms with Crippen LogP contribution < -0.4 is 10.6 Å². The lowest BCUT2D eigenvalue weighted by Gasteiger charge is -2.36. The van der Waals surface area contributed by atoms with E-state index in [9.17, 15) is 4.57 Å². The van der Waals surface area contributed by atoms with Crippen molar-refractivity contribution in [3.05, 3.63) is 60.7 Å². The van der Waals surface area contributed by atoms with Crippen molar-refractivity contribution < 1.29 is 4.57 Å². The highest BCUT2D eigenvalue weighted by Gasteiger charge is 2.34. The largest absolute Gasteiger partial charge is 0.302 e. The van der Waals surface area contributed by atoms with Gasteiger partial charge in [-0.05, 0) is 56.6 Å². The molecular weight excluding hydrogens is 339 g/mol. The molecule has 0 aromatic heterocycles. The van der Waals surface area contributed by atoms with Crippen molar-refractivity contribution in [3.63, 3.8) is 0 Å². The maximum atomic E-state index is 14.5. The number of benzene rings is 2. The van der Waals surface area contributed by atoms with Gasteiger partial charge in [-0.2, -0.15) is 0 Å². The summed E-state index contributed by atoms with van der Waals surface area (Å²) in [5, 5.41) is 1.90. The molecule has 0 N–H and O–H groups in total. The molecule has 0 spiro atoms. The smallest absolute Gasteiger partial charge is 0.207 e. The lowest BCUT2D eigenvalue weighted by atomic mass is 10.2. The van der Waals surface area contributed by atoms with Crippen molar-refractivity contribution in [3.8, 4) is 0 Å². The second-order valence-electron chi connectivity index (χ2n) is 7.10. The number of unbranched alkanes of at least 4 members (excludes halogenated alkanes) is 1. The third-order valence-electron chi connectivity index (χ3n) is 5.25. The zero-order chi connectivity index (χ0) is 18.2. The van der Waals surface area contributed by atoms with Crippen LogP contribution >= 0.6 is 7.29 Å². The van der Waals surface area contributed by atoms with E-state index < -0.39 is 7.29 Å². The van der Waals surface area contributed by atoms with Gasteiger partial charge in [0, 0.05) is 30.2 Å². The van der Waals surface area contributed by atoms with Crippen molar-refractivity contribution >= 4 is 17.9 Å². The SMILES string of the molecule is CCCCN1CCCCN(P(=O)(c2ccccc2)c2ccccc2)CC1. The first-order valence-corrected chi connectivity index (χ1v) is 11.6. The Balaban J connectivity index is 1.90. The van der Waals surface area contributed by atoms with E-state index in [0.717, 1.165) is 43.2 Å². The van der Waals surface area contributed by atoms with Crippen molar-refractivity contribution in [1.29, 1.82) is 0 Å². The molecule has 0 saturated carbocycles. The van der Waals surface area contributed by atoms with Crippen LogP contribution in [0.4, 0.5) is 0 Å². The minimum absolute atomic E-state index is 0.866. The molecule has 0 amide bonds. The molecule has 1 saturated heterocycles. The summed E-state index contributed by atoms with van der Waals surface area (Å²) >= 11 is 0. The highest BCUT2D eigenvalue weighted by molar-refractivity contribution is 7.76. The average molecular weight is 370 g/mol. The van der Waals surface area contributed by atoms with Gasteiger partial charge in [-0.3, -0.25) is 4.57 Å². The summed E-state index contributed by atoms with van der Waals surface area (Å²) < 4.78 is 16.7. The second-order valence-corrected chi connectivity index (χ2v) is 9.85. The van der Waals surface area contributed by atoms with Gasteiger partial charge in [0.1, 0.15) is 0 Å². The standard InChI is InChI=1S/C22H31N2OP/c1-2-3-16-23-17-10-11-18-24(20-19-23)26(25,21-12-6-4-7-13-21)22-14-8-5-9-15-22/h4-9,12-15H,2-3,10-11,16-20H2,1H3. The van der Waals surface area contributed by atoms with Gasteiger partial charge in [0.25, 0.3) is 0 Å². The van der Waals surface area contributed by atoms with Crippen LogP contribution in [0, 0.1) is 0 Å². The van der Waals surface area contributed by atoms with Crippen molar-refractivity contribution in [1.82, 2.24) is 9.57 Å². The van der Waals surface area contributed by atoms with Gasteiger partial charge in [0.05, 0.1) is 0 Å². The predicted molar refractivity (Wildman–Crippen MR) is 112 cm³/mol. The van der Waals surface area contributed by atoms with Gasteiger partial charge >= 0.3 is 0 Å². The van der Waals surface area contributed by atoms with E-state index in [2.05, 4.69) is 16.5 Å². The Bertz CT molecular complexity index is 659. The van der Waals surface area contributed by atoms with E-state index in [-0.39, 0.29) is 0 Å². The van der Waals surface area contributed by atoms with E-state index in [0.29, 0.717) is 0 Å². The topological polar surface area (TPSA) is 23.6 Å². The second kappa shape index (κ2) is 9.50. The Morgan fingerprint density at radius 2 is 1.38 bits per heavy atom. The number of hydrogen-bond donors (Lipinski definition) is 0. The van der Waals surface area contributed by atoms with Crippen molar-refractivity contribution in [2.45, 2.75) is 32.6 Å². The summed E-state index contributed by atoms with van der Waals surface area (Å²) in [4.78, 5) is 2.55. The van der Waals surface area contributed by atoms with Gasteiger partial charge in [0.2, 0.25) is 7.29 Å². The van der Waals surface area contributed by atoms with Gasteiger partial charge in [-0.25, -0.2) is 4.67 Å². The molecule has 1 aliphatic heterocycles. The molecule has 0 unspecified atom stereocenters. The zero-order valence-corrected chi connectivity index (χ0v) is 16.8. The summed E-state index contributed by atoms with van der Waals surface area (Å²) in [7, 11) is -2.79. The first kappa shape index (κ1) is 19.4. The first-order chi connectivity index (χ1) is 12.7. The number of hydrogen-bond acceptors (Lipinski definition) is 2. The molecule has 4 heteroatoms. The van der Waals surface area contributed by atoms with Crippen LogP contribution in [0.5, 0.6) is 0 Å². The summed E-state index contributed by atoms with van der Waals surface area (Å²) in [6.07, 6.45) is 4.76. The molecule has 0 radical (unpaired) electrons. The average Bonchev–Trinajstić information content (AvgIpc) is 2.68. The molecule has 2 aromatic rings. The van der Waals surface area contributed by atoms with Gasteiger partial charge < -0.3 is 4.90 Å². The predicted octanol–water partition coefficient (Wildman–Crippen LogP) is 4.11. The molecule has 3 rings (SSSR count). The molecule has 140 valence electrons. The molecule has 0 bridgehead atoms. The Labute approximate surface area is 158 Å². The Hall–Kier alpha value is -1.41. The van der Waals surface area contributed by atoms with E-state index in [1.54, 1.807) is 0 Å². The highest BCUT2D eigenvalue weighted by atomic mass is 31.2. The van der Waals surface area contributed by atoms with E-state index >= 15 is 0 Å². The van der Waals surface area contributed by atoms with Crippen LogP contribution in [0.25, 0.3) is 0 Å². The van der Waals surface area contributed by atoms with Crippen LogP contribution in [0.2, 0.25) is 0 Å². The lowest BCUT2D eigenvalue weighted by molar-refractivity contribution is 0.220. The number of rotatable bonds is 6. The summed E-state index contributed by atoms with van der Waals surface area (Å²) in [5.41, 5.74) is 0. The maximum Gasteiger partial charge on any atom is 0.207 e. The molecule has 1 heterocycles. The Morgan fingerprint density at radius 1 is 0.808 bits per heavy atom. The molecule has 1 aliphatic rings. The van der Waals surface area contributed by atoms with Crippen LogP contribution in [0.15, 0.2) is 60.7 Å².